The lowest BCUT2D eigenvalue weighted by Gasteiger charge is -2.35. The van der Waals surface area contributed by atoms with E-state index in [0.29, 0.717) is 0 Å². The lowest BCUT2D eigenvalue weighted by molar-refractivity contribution is 0.670. The van der Waals surface area contributed by atoms with E-state index in [4.69, 9.17) is 4.42 Å². The Morgan fingerprint density at radius 2 is 0.712 bits per heavy atom. The molecular weight excluding hydrogens is 645 g/mol. The molecule has 0 N–H and O–H groups in total. The van der Waals surface area contributed by atoms with Gasteiger partial charge in [-0.3, -0.25) is 0 Å². The Balaban J connectivity index is 1.42. The fourth-order valence-corrected chi connectivity index (χ4v) is 13.4. The second kappa shape index (κ2) is 12.4. The summed E-state index contributed by atoms with van der Waals surface area (Å²) in [5, 5.41) is 12.5. The van der Waals surface area contributed by atoms with Gasteiger partial charge in [-0.25, -0.2) is 0 Å². The number of para-hydroxylation sites is 1. The van der Waals surface area contributed by atoms with Gasteiger partial charge in [-0.1, -0.05) is 200 Å². The first-order valence-corrected chi connectivity index (χ1v) is 19.9. The first-order chi connectivity index (χ1) is 25.8. The highest BCUT2D eigenvalue weighted by Crippen LogP contribution is 2.46. The van der Waals surface area contributed by atoms with E-state index in [9.17, 15) is 0 Å². The van der Waals surface area contributed by atoms with Crippen molar-refractivity contribution < 1.29 is 4.42 Å². The van der Waals surface area contributed by atoms with Gasteiger partial charge in [0.15, 0.2) is 8.07 Å². The highest BCUT2D eigenvalue weighted by Gasteiger charge is 2.42. The molecule has 1 nitrogen and oxygen atoms in total. The second-order valence-corrected chi connectivity index (χ2v) is 17.4. The molecular formula is C50H34OSi. The van der Waals surface area contributed by atoms with Crippen molar-refractivity contribution in [3.63, 3.8) is 0 Å². The lowest BCUT2D eigenvalue weighted by Crippen LogP contribution is -2.74. The van der Waals surface area contributed by atoms with E-state index in [1.54, 1.807) is 0 Å². The van der Waals surface area contributed by atoms with Crippen molar-refractivity contribution in [2.45, 2.75) is 0 Å². The number of benzene rings is 9. The van der Waals surface area contributed by atoms with Crippen LogP contribution in [0.5, 0.6) is 0 Å². The van der Waals surface area contributed by atoms with Crippen molar-refractivity contribution in [2.75, 3.05) is 0 Å². The van der Waals surface area contributed by atoms with Crippen molar-refractivity contribution in [1.82, 2.24) is 0 Å². The Morgan fingerprint density at radius 3 is 1.21 bits per heavy atom. The standard InChI is InChI=1S/C50H34OSi/c1-5-19-35(20-6-1)48-41-28-13-15-30-43(41)49(44-31-16-14-29-42(44)48)46-34-39(33-45-40-27-17-18-32-47(40)51-50(45)46)52(36-21-7-2-8-22-36,37-23-9-3-10-24-37)38-25-11-4-12-26-38/h1-34H. The molecule has 0 aliphatic carbocycles. The average molecular weight is 679 g/mol. The Labute approximate surface area is 304 Å². The van der Waals surface area contributed by atoms with Gasteiger partial charge >= 0.3 is 0 Å². The van der Waals surface area contributed by atoms with Crippen LogP contribution in [0, 0.1) is 0 Å². The van der Waals surface area contributed by atoms with Crippen LogP contribution in [0.1, 0.15) is 0 Å². The summed E-state index contributed by atoms with van der Waals surface area (Å²) in [6.45, 7) is 0. The topological polar surface area (TPSA) is 13.1 Å². The van der Waals surface area contributed by atoms with E-state index in [1.165, 1.54) is 59.0 Å². The number of rotatable bonds is 6. The van der Waals surface area contributed by atoms with Gasteiger partial charge < -0.3 is 4.42 Å². The Hall–Kier alpha value is -6.48. The molecule has 0 unspecified atom stereocenters. The van der Waals surface area contributed by atoms with E-state index < -0.39 is 8.07 Å². The molecule has 0 saturated heterocycles. The van der Waals surface area contributed by atoms with Crippen molar-refractivity contribution in [2.24, 2.45) is 0 Å². The predicted molar refractivity (Wildman–Crippen MR) is 223 cm³/mol. The summed E-state index contributed by atoms with van der Waals surface area (Å²) in [6, 6.07) is 75.6. The van der Waals surface area contributed by atoms with Crippen LogP contribution in [0.2, 0.25) is 0 Å². The molecule has 1 aromatic heterocycles. The first kappa shape index (κ1) is 30.4. The third kappa shape index (κ3) is 4.62. The van der Waals surface area contributed by atoms with Gasteiger partial charge in [0.1, 0.15) is 11.2 Å². The maximum atomic E-state index is 6.95. The molecule has 1 heterocycles. The molecule has 9 aromatic carbocycles. The second-order valence-electron chi connectivity index (χ2n) is 13.6. The van der Waals surface area contributed by atoms with Gasteiger partial charge in [-0.05, 0) is 59.5 Å². The minimum atomic E-state index is -2.88. The zero-order chi connectivity index (χ0) is 34.5. The molecule has 0 radical (unpaired) electrons. The van der Waals surface area contributed by atoms with E-state index in [0.717, 1.165) is 27.5 Å². The van der Waals surface area contributed by atoms with Gasteiger partial charge in [0.2, 0.25) is 0 Å². The molecule has 0 saturated carbocycles. The number of hydrogen-bond donors (Lipinski definition) is 0. The summed E-state index contributed by atoms with van der Waals surface area (Å²) >= 11 is 0. The Kier molecular flexibility index (Phi) is 7.23. The summed E-state index contributed by atoms with van der Waals surface area (Å²) in [6.07, 6.45) is 0. The van der Waals surface area contributed by atoms with Crippen LogP contribution in [0.4, 0.5) is 0 Å². The third-order valence-corrected chi connectivity index (χ3v) is 15.5. The highest BCUT2D eigenvalue weighted by molar-refractivity contribution is 7.20. The van der Waals surface area contributed by atoms with Gasteiger partial charge in [0.05, 0.1) is 0 Å². The molecule has 0 amide bonds. The van der Waals surface area contributed by atoms with Crippen molar-refractivity contribution in [1.29, 1.82) is 0 Å². The summed E-state index contributed by atoms with van der Waals surface area (Å²) in [5.41, 5.74) is 6.62. The van der Waals surface area contributed by atoms with Crippen LogP contribution >= 0.6 is 0 Å². The predicted octanol–water partition coefficient (Wildman–Crippen LogP) is 10.6. The van der Waals surface area contributed by atoms with Crippen LogP contribution in [0.3, 0.4) is 0 Å². The zero-order valence-corrected chi connectivity index (χ0v) is 29.5. The van der Waals surface area contributed by atoms with E-state index in [-0.39, 0.29) is 0 Å². The van der Waals surface area contributed by atoms with Crippen LogP contribution in [-0.4, -0.2) is 8.07 Å². The van der Waals surface area contributed by atoms with E-state index in [1.807, 2.05) is 0 Å². The van der Waals surface area contributed by atoms with Gasteiger partial charge in [-0.15, -0.1) is 0 Å². The van der Waals surface area contributed by atoms with Crippen LogP contribution < -0.4 is 20.7 Å². The molecule has 0 atom stereocenters. The third-order valence-electron chi connectivity index (χ3n) is 10.8. The van der Waals surface area contributed by atoms with E-state index in [2.05, 4.69) is 206 Å². The summed E-state index contributed by atoms with van der Waals surface area (Å²) < 4.78 is 6.95. The molecule has 0 aliphatic heterocycles. The fraction of sp³-hybridized carbons (Fsp3) is 0. The van der Waals surface area contributed by atoms with Crippen LogP contribution in [0.25, 0.3) is 65.7 Å². The Morgan fingerprint density at radius 1 is 0.308 bits per heavy atom. The first-order valence-electron chi connectivity index (χ1n) is 17.9. The summed E-state index contributed by atoms with van der Waals surface area (Å²) in [4.78, 5) is 0. The number of hydrogen-bond acceptors (Lipinski definition) is 1. The van der Waals surface area contributed by atoms with E-state index >= 15 is 0 Å². The SMILES string of the molecule is c1ccc(-c2c3ccccc3c(-c3cc([Si](c4ccccc4)(c4ccccc4)c4ccccc4)cc4c3oc3ccccc34)c3ccccc23)cc1. The highest BCUT2D eigenvalue weighted by atomic mass is 28.3. The average Bonchev–Trinajstić information content (AvgIpc) is 3.60. The molecule has 0 fully saturated rings. The molecule has 2 heteroatoms. The normalized spacial score (nSPS) is 11.8. The van der Waals surface area contributed by atoms with Gasteiger partial charge in [-0.2, -0.15) is 0 Å². The minimum Gasteiger partial charge on any atom is -0.455 e. The van der Waals surface area contributed by atoms with Crippen molar-refractivity contribution >= 4 is 72.3 Å². The molecule has 0 aliphatic rings. The minimum absolute atomic E-state index is 0.900. The molecule has 10 rings (SSSR count). The zero-order valence-electron chi connectivity index (χ0n) is 28.5. The van der Waals surface area contributed by atoms with Gasteiger partial charge in [0.25, 0.3) is 0 Å². The quantitative estimate of drug-likeness (QED) is 0.0969. The fourth-order valence-electron chi connectivity index (χ4n) is 8.63. The molecule has 10 aromatic rings. The largest absolute Gasteiger partial charge is 0.455 e. The van der Waals surface area contributed by atoms with Crippen LogP contribution in [0.15, 0.2) is 211 Å². The Bertz CT molecular complexity index is 2720. The summed E-state index contributed by atoms with van der Waals surface area (Å²) in [5.74, 6) is 0. The monoisotopic (exact) mass is 678 g/mol. The number of fused-ring (bicyclic) bond motifs is 5. The maximum Gasteiger partial charge on any atom is 0.179 e. The van der Waals surface area contributed by atoms with Gasteiger partial charge in [0, 0.05) is 21.9 Å². The van der Waals surface area contributed by atoms with Crippen LogP contribution in [-0.2, 0) is 0 Å². The number of furan rings is 1. The van der Waals surface area contributed by atoms with Crippen molar-refractivity contribution in [3.8, 4) is 22.3 Å². The smallest absolute Gasteiger partial charge is 0.179 e. The van der Waals surface area contributed by atoms with Crippen molar-refractivity contribution in [3.05, 3.63) is 206 Å². The maximum absolute atomic E-state index is 6.95. The lowest BCUT2D eigenvalue weighted by atomic mass is 9.85. The molecule has 0 spiro atoms. The molecule has 52 heavy (non-hydrogen) atoms. The molecule has 0 bridgehead atoms. The molecule has 244 valence electrons. The summed E-state index contributed by atoms with van der Waals surface area (Å²) in [7, 11) is -2.88.